The van der Waals surface area contributed by atoms with E-state index in [4.69, 9.17) is 5.73 Å². The van der Waals surface area contributed by atoms with Crippen LogP contribution in [-0.4, -0.2) is 17.9 Å². The molecule has 0 unspecified atom stereocenters. The molecule has 106 valence electrons. The van der Waals surface area contributed by atoms with E-state index in [0.29, 0.717) is 15.4 Å². The highest BCUT2D eigenvalue weighted by molar-refractivity contribution is 7.21. The summed E-state index contributed by atoms with van der Waals surface area (Å²) in [6.45, 7) is 0. The second kappa shape index (κ2) is 5.14. The maximum Gasteiger partial charge on any atom is 0.270 e. The summed E-state index contributed by atoms with van der Waals surface area (Å²) in [7, 11) is 1.53. The number of carbonyl (C=O) groups excluding carboxylic acids is 1. The number of benzene rings is 1. The van der Waals surface area contributed by atoms with Crippen LogP contribution in [0.5, 0.6) is 0 Å². The number of thiophene rings is 1. The van der Waals surface area contributed by atoms with Gasteiger partial charge in [-0.1, -0.05) is 12.1 Å². The fourth-order valence-electron chi connectivity index (χ4n) is 2.10. The SMILES string of the molecule is CN(C(=O)c1sc2ncccc2c1N)c1ccccc1F. The summed E-state index contributed by atoms with van der Waals surface area (Å²) in [6.07, 6.45) is 1.65. The zero-order valence-corrected chi connectivity index (χ0v) is 12.0. The van der Waals surface area contributed by atoms with Crippen molar-refractivity contribution in [2.45, 2.75) is 0 Å². The average molecular weight is 301 g/mol. The number of pyridine rings is 1. The molecule has 1 amide bonds. The molecule has 1 aromatic carbocycles. The van der Waals surface area contributed by atoms with E-state index in [1.54, 1.807) is 30.5 Å². The summed E-state index contributed by atoms with van der Waals surface area (Å²) in [5.74, 6) is -0.799. The average Bonchev–Trinajstić information content (AvgIpc) is 2.84. The van der Waals surface area contributed by atoms with Gasteiger partial charge in [-0.15, -0.1) is 11.3 Å². The number of hydrogen-bond acceptors (Lipinski definition) is 4. The van der Waals surface area contributed by atoms with Crippen molar-refractivity contribution in [2.75, 3.05) is 17.7 Å². The van der Waals surface area contributed by atoms with Gasteiger partial charge in [0.25, 0.3) is 5.91 Å². The molecule has 2 heterocycles. The summed E-state index contributed by atoms with van der Waals surface area (Å²) in [6, 6.07) is 9.70. The van der Waals surface area contributed by atoms with Gasteiger partial charge in [0.1, 0.15) is 15.5 Å². The van der Waals surface area contributed by atoms with Crippen LogP contribution in [0.15, 0.2) is 42.6 Å². The van der Waals surface area contributed by atoms with Gasteiger partial charge in [0.2, 0.25) is 0 Å². The molecular formula is C15H12FN3OS. The van der Waals surface area contributed by atoms with Crippen LogP contribution in [0.3, 0.4) is 0 Å². The Morgan fingerprint density at radius 2 is 2.05 bits per heavy atom. The molecule has 0 aliphatic heterocycles. The Kier molecular flexibility index (Phi) is 3.31. The van der Waals surface area contributed by atoms with E-state index < -0.39 is 5.82 Å². The second-order valence-corrected chi connectivity index (χ2v) is 5.52. The maximum absolute atomic E-state index is 13.8. The molecule has 4 nitrogen and oxygen atoms in total. The topological polar surface area (TPSA) is 59.2 Å². The van der Waals surface area contributed by atoms with E-state index in [2.05, 4.69) is 4.98 Å². The first-order chi connectivity index (χ1) is 10.1. The Bertz CT molecular complexity index is 831. The van der Waals surface area contributed by atoms with Crippen LogP contribution in [0.4, 0.5) is 15.8 Å². The molecule has 21 heavy (non-hydrogen) atoms. The van der Waals surface area contributed by atoms with Crippen molar-refractivity contribution < 1.29 is 9.18 Å². The van der Waals surface area contributed by atoms with Crippen LogP contribution in [0.1, 0.15) is 9.67 Å². The Labute approximate surface area is 124 Å². The molecular weight excluding hydrogens is 289 g/mol. The van der Waals surface area contributed by atoms with Crippen molar-refractivity contribution in [1.82, 2.24) is 4.98 Å². The summed E-state index contributed by atoms with van der Waals surface area (Å²) in [4.78, 5) is 19.1. The Morgan fingerprint density at radius 1 is 1.29 bits per heavy atom. The van der Waals surface area contributed by atoms with Gasteiger partial charge in [-0.3, -0.25) is 4.79 Å². The minimum absolute atomic E-state index is 0.215. The number of anilines is 2. The Hall–Kier alpha value is -2.47. The molecule has 6 heteroatoms. The number of carbonyl (C=O) groups is 1. The molecule has 0 saturated carbocycles. The zero-order valence-electron chi connectivity index (χ0n) is 11.2. The smallest absolute Gasteiger partial charge is 0.270 e. The number of halogens is 1. The number of fused-ring (bicyclic) bond motifs is 1. The highest BCUT2D eigenvalue weighted by atomic mass is 32.1. The van der Waals surface area contributed by atoms with E-state index in [1.807, 2.05) is 6.07 Å². The lowest BCUT2D eigenvalue weighted by atomic mass is 10.2. The second-order valence-electron chi connectivity index (χ2n) is 4.52. The summed E-state index contributed by atoms with van der Waals surface area (Å²) in [5, 5.41) is 0.743. The van der Waals surface area contributed by atoms with Crippen molar-refractivity contribution in [3.05, 3.63) is 53.3 Å². The number of nitrogens with two attached hydrogens (primary N) is 1. The third kappa shape index (κ3) is 2.23. The molecule has 3 aromatic rings. The van der Waals surface area contributed by atoms with E-state index in [1.165, 1.54) is 29.4 Å². The molecule has 0 aliphatic carbocycles. The van der Waals surface area contributed by atoms with Gasteiger partial charge < -0.3 is 10.6 Å². The zero-order chi connectivity index (χ0) is 15.0. The molecule has 3 rings (SSSR count). The van der Waals surface area contributed by atoms with Crippen LogP contribution in [-0.2, 0) is 0 Å². The van der Waals surface area contributed by atoms with Crippen LogP contribution in [0.25, 0.3) is 10.2 Å². The first-order valence-electron chi connectivity index (χ1n) is 6.25. The van der Waals surface area contributed by atoms with Crippen molar-refractivity contribution in [3.8, 4) is 0 Å². The lowest BCUT2D eigenvalue weighted by Gasteiger charge is -2.17. The van der Waals surface area contributed by atoms with Gasteiger partial charge in [-0.25, -0.2) is 9.37 Å². The predicted molar refractivity (Wildman–Crippen MR) is 83.2 cm³/mol. The van der Waals surface area contributed by atoms with Gasteiger partial charge in [0, 0.05) is 18.6 Å². The Morgan fingerprint density at radius 3 is 2.76 bits per heavy atom. The number of nitrogens with zero attached hydrogens (tertiary/aromatic N) is 2. The Balaban J connectivity index is 2.04. The third-order valence-electron chi connectivity index (χ3n) is 3.22. The van der Waals surface area contributed by atoms with Crippen molar-refractivity contribution >= 4 is 38.8 Å². The number of nitrogen functional groups attached to an aromatic ring is 1. The molecule has 0 aliphatic rings. The van der Waals surface area contributed by atoms with Gasteiger partial charge >= 0.3 is 0 Å². The number of rotatable bonds is 2. The molecule has 0 saturated heterocycles. The minimum Gasteiger partial charge on any atom is -0.397 e. The van der Waals surface area contributed by atoms with Gasteiger partial charge in [-0.05, 0) is 24.3 Å². The molecule has 2 N–H and O–H groups in total. The predicted octanol–water partition coefficient (Wildman–Crippen LogP) is 3.29. The summed E-state index contributed by atoms with van der Waals surface area (Å²) in [5.41, 5.74) is 6.62. The van der Waals surface area contributed by atoms with Crippen molar-refractivity contribution in [1.29, 1.82) is 0 Å². The first-order valence-corrected chi connectivity index (χ1v) is 7.07. The monoisotopic (exact) mass is 301 g/mol. The largest absolute Gasteiger partial charge is 0.397 e. The molecule has 0 bridgehead atoms. The van der Waals surface area contributed by atoms with Gasteiger partial charge in [0.15, 0.2) is 0 Å². The van der Waals surface area contributed by atoms with Crippen LogP contribution < -0.4 is 10.6 Å². The molecule has 0 fully saturated rings. The van der Waals surface area contributed by atoms with Crippen LogP contribution in [0, 0.1) is 5.82 Å². The van der Waals surface area contributed by atoms with Gasteiger partial charge in [0.05, 0.1) is 11.4 Å². The summed E-state index contributed by atoms with van der Waals surface area (Å²) >= 11 is 1.21. The molecule has 0 radical (unpaired) electrons. The normalized spacial score (nSPS) is 10.8. The maximum atomic E-state index is 13.8. The number of para-hydroxylation sites is 1. The fraction of sp³-hybridized carbons (Fsp3) is 0.0667. The van der Waals surface area contributed by atoms with E-state index in [9.17, 15) is 9.18 Å². The fourth-order valence-corrected chi connectivity index (χ4v) is 3.13. The van der Waals surface area contributed by atoms with E-state index >= 15 is 0 Å². The molecule has 0 spiro atoms. The number of aromatic nitrogens is 1. The van der Waals surface area contributed by atoms with Gasteiger partial charge in [-0.2, -0.15) is 0 Å². The lowest BCUT2D eigenvalue weighted by molar-refractivity contribution is 0.0997. The molecule has 0 atom stereocenters. The van der Waals surface area contributed by atoms with Crippen LogP contribution in [0.2, 0.25) is 0 Å². The minimum atomic E-state index is -0.453. The number of hydrogen-bond donors (Lipinski definition) is 1. The number of amides is 1. The summed E-state index contributed by atoms with van der Waals surface area (Å²) < 4.78 is 13.8. The lowest BCUT2D eigenvalue weighted by Crippen LogP contribution is -2.26. The van der Waals surface area contributed by atoms with Crippen molar-refractivity contribution in [3.63, 3.8) is 0 Å². The van der Waals surface area contributed by atoms with E-state index in [-0.39, 0.29) is 11.6 Å². The standard InChI is InChI=1S/C15H12FN3OS/c1-19(11-7-3-2-6-10(11)16)15(20)13-12(17)9-5-4-8-18-14(9)21-13/h2-8H,17H2,1H3. The van der Waals surface area contributed by atoms with Crippen LogP contribution >= 0.6 is 11.3 Å². The van der Waals surface area contributed by atoms with Crippen molar-refractivity contribution in [2.24, 2.45) is 0 Å². The highest BCUT2D eigenvalue weighted by Crippen LogP contribution is 2.33. The quantitative estimate of drug-likeness (QED) is 0.790. The molecule has 2 aromatic heterocycles. The third-order valence-corrected chi connectivity index (χ3v) is 4.33. The highest BCUT2D eigenvalue weighted by Gasteiger charge is 2.22. The first kappa shape index (κ1) is 13.5. The van der Waals surface area contributed by atoms with E-state index in [0.717, 1.165) is 5.39 Å².